The second-order valence-electron chi connectivity index (χ2n) is 2.98. The molecule has 0 N–H and O–H groups in total. The molecular formula is C7H12N2O. The Morgan fingerprint density at radius 1 is 1.60 bits per heavy atom. The first-order valence-electron chi connectivity index (χ1n) is 3.44. The highest BCUT2D eigenvalue weighted by Crippen LogP contribution is 2.23. The second-order valence-corrected chi connectivity index (χ2v) is 2.98. The van der Waals surface area contributed by atoms with Crippen LogP contribution in [0.25, 0.3) is 0 Å². The largest absolute Gasteiger partial charge is 0.339 e. The molecule has 0 unspecified atom stereocenters. The van der Waals surface area contributed by atoms with Gasteiger partial charge in [0, 0.05) is 5.41 Å². The van der Waals surface area contributed by atoms with E-state index >= 15 is 0 Å². The SMILES string of the molecule is CCC(C)(C)c1ncno1. The van der Waals surface area contributed by atoms with Gasteiger partial charge in [-0.25, -0.2) is 0 Å². The smallest absolute Gasteiger partial charge is 0.231 e. The highest BCUT2D eigenvalue weighted by molar-refractivity contribution is 4.96. The summed E-state index contributed by atoms with van der Waals surface area (Å²) in [4.78, 5) is 3.98. The van der Waals surface area contributed by atoms with E-state index in [0.29, 0.717) is 0 Å². The van der Waals surface area contributed by atoms with Crippen LogP contribution >= 0.6 is 0 Å². The standard InChI is InChI=1S/C7H12N2O/c1-4-7(2,3)6-8-5-9-10-6/h5H,4H2,1-3H3. The highest BCUT2D eigenvalue weighted by atomic mass is 16.5. The zero-order valence-electron chi connectivity index (χ0n) is 6.59. The van der Waals surface area contributed by atoms with Crippen LogP contribution in [0.4, 0.5) is 0 Å². The van der Waals surface area contributed by atoms with Crippen LogP contribution in [-0.2, 0) is 5.41 Å². The molecule has 1 aromatic heterocycles. The van der Waals surface area contributed by atoms with Gasteiger partial charge in [-0.2, -0.15) is 4.98 Å². The van der Waals surface area contributed by atoms with E-state index in [0.717, 1.165) is 12.3 Å². The molecule has 0 aliphatic carbocycles. The van der Waals surface area contributed by atoms with Crippen molar-refractivity contribution >= 4 is 0 Å². The fourth-order valence-electron chi connectivity index (χ4n) is 0.623. The van der Waals surface area contributed by atoms with Crippen LogP contribution in [0, 0.1) is 0 Å². The topological polar surface area (TPSA) is 38.9 Å². The summed E-state index contributed by atoms with van der Waals surface area (Å²) in [7, 11) is 0. The maximum atomic E-state index is 4.93. The maximum Gasteiger partial charge on any atom is 0.231 e. The van der Waals surface area contributed by atoms with E-state index in [9.17, 15) is 0 Å². The minimum absolute atomic E-state index is 0.0243. The Balaban J connectivity index is 2.85. The van der Waals surface area contributed by atoms with Gasteiger partial charge in [0.1, 0.15) is 0 Å². The average molecular weight is 140 g/mol. The lowest BCUT2D eigenvalue weighted by Crippen LogP contribution is -2.15. The molecule has 1 heterocycles. The molecular weight excluding hydrogens is 128 g/mol. The highest BCUT2D eigenvalue weighted by Gasteiger charge is 2.23. The number of nitrogens with zero attached hydrogens (tertiary/aromatic N) is 2. The predicted molar refractivity (Wildman–Crippen MR) is 37.6 cm³/mol. The Bertz CT molecular complexity index is 191. The van der Waals surface area contributed by atoms with E-state index in [2.05, 4.69) is 30.9 Å². The van der Waals surface area contributed by atoms with Gasteiger partial charge in [0.2, 0.25) is 5.89 Å². The zero-order valence-corrected chi connectivity index (χ0v) is 6.59. The van der Waals surface area contributed by atoms with E-state index < -0.39 is 0 Å². The van der Waals surface area contributed by atoms with Crippen molar-refractivity contribution in [3.8, 4) is 0 Å². The van der Waals surface area contributed by atoms with E-state index in [-0.39, 0.29) is 5.41 Å². The Kier molecular flexibility index (Phi) is 1.74. The monoisotopic (exact) mass is 140 g/mol. The molecule has 0 bridgehead atoms. The van der Waals surface area contributed by atoms with Crippen molar-refractivity contribution in [2.75, 3.05) is 0 Å². The lowest BCUT2D eigenvalue weighted by Gasteiger charge is -2.15. The Morgan fingerprint density at radius 3 is 2.70 bits per heavy atom. The van der Waals surface area contributed by atoms with Crippen molar-refractivity contribution in [3.05, 3.63) is 12.2 Å². The van der Waals surface area contributed by atoms with Crippen LogP contribution in [-0.4, -0.2) is 10.1 Å². The van der Waals surface area contributed by atoms with Crippen LogP contribution in [0.3, 0.4) is 0 Å². The van der Waals surface area contributed by atoms with Gasteiger partial charge < -0.3 is 4.52 Å². The summed E-state index contributed by atoms with van der Waals surface area (Å²) < 4.78 is 4.93. The van der Waals surface area contributed by atoms with Gasteiger partial charge in [-0.05, 0) is 6.42 Å². The molecule has 3 nitrogen and oxygen atoms in total. The molecule has 0 amide bonds. The van der Waals surface area contributed by atoms with Crippen LogP contribution < -0.4 is 0 Å². The minimum Gasteiger partial charge on any atom is -0.339 e. The summed E-state index contributed by atoms with van der Waals surface area (Å²) in [6.07, 6.45) is 2.45. The normalized spacial score (nSPS) is 11.9. The lowest BCUT2D eigenvalue weighted by atomic mass is 9.90. The summed E-state index contributed by atoms with van der Waals surface area (Å²) in [5, 5.41) is 3.55. The molecule has 3 heteroatoms. The fourth-order valence-corrected chi connectivity index (χ4v) is 0.623. The molecule has 0 aromatic carbocycles. The maximum absolute atomic E-state index is 4.93. The number of rotatable bonds is 2. The third kappa shape index (κ3) is 1.17. The molecule has 0 saturated heterocycles. The van der Waals surface area contributed by atoms with E-state index in [1.165, 1.54) is 6.33 Å². The molecule has 10 heavy (non-hydrogen) atoms. The van der Waals surface area contributed by atoms with Crippen molar-refractivity contribution in [2.24, 2.45) is 0 Å². The summed E-state index contributed by atoms with van der Waals surface area (Å²) in [5.74, 6) is 0.718. The van der Waals surface area contributed by atoms with Crippen LogP contribution in [0.2, 0.25) is 0 Å². The molecule has 0 atom stereocenters. The van der Waals surface area contributed by atoms with Crippen molar-refractivity contribution in [1.82, 2.24) is 10.1 Å². The van der Waals surface area contributed by atoms with Gasteiger partial charge >= 0.3 is 0 Å². The third-order valence-electron chi connectivity index (χ3n) is 1.82. The Morgan fingerprint density at radius 2 is 2.30 bits per heavy atom. The van der Waals surface area contributed by atoms with Gasteiger partial charge in [0.15, 0.2) is 6.33 Å². The number of hydrogen-bond donors (Lipinski definition) is 0. The Hall–Kier alpha value is -0.860. The number of hydrogen-bond acceptors (Lipinski definition) is 3. The van der Waals surface area contributed by atoms with Gasteiger partial charge in [0.25, 0.3) is 0 Å². The molecule has 0 aliphatic rings. The van der Waals surface area contributed by atoms with Gasteiger partial charge in [0.05, 0.1) is 0 Å². The third-order valence-corrected chi connectivity index (χ3v) is 1.82. The number of aromatic nitrogens is 2. The van der Waals surface area contributed by atoms with Crippen molar-refractivity contribution < 1.29 is 4.52 Å². The van der Waals surface area contributed by atoms with E-state index in [4.69, 9.17) is 4.52 Å². The molecule has 1 rings (SSSR count). The molecule has 0 spiro atoms. The molecule has 56 valence electrons. The molecule has 0 saturated carbocycles. The predicted octanol–water partition coefficient (Wildman–Crippen LogP) is 1.76. The summed E-state index contributed by atoms with van der Waals surface area (Å²) in [6.45, 7) is 6.27. The quantitative estimate of drug-likeness (QED) is 0.628. The fraction of sp³-hybridized carbons (Fsp3) is 0.714. The van der Waals surface area contributed by atoms with Crippen LogP contribution in [0.5, 0.6) is 0 Å². The van der Waals surface area contributed by atoms with E-state index in [1.54, 1.807) is 0 Å². The molecule has 0 radical (unpaired) electrons. The molecule has 1 aromatic rings. The second kappa shape index (κ2) is 2.40. The summed E-state index contributed by atoms with van der Waals surface area (Å²) >= 11 is 0. The zero-order chi connectivity index (χ0) is 7.61. The van der Waals surface area contributed by atoms with E-state index in [1.807, 2.05) is 0 Å². The molecule has 0 aliphatic heterocycles. The van der Waals surface area contributed by atoms with Crippen LogP contribution in [0.1, 0.15) is 33.1 Å². The lowest BCUT2D eigenvalue weighted by molar-refractivity contribution is 0.301. The van der Waals surface area contributed by atoms with Crippen molar-refractivity contribution in [2.45, 2.75) is 32.6 Å². The first-order chi connectivity index (χ1) is 4.67. The average Bonchev–Trinajstić information content (AvgIpc) is 2.38. The Labute approximate surface area is 60.4 Å². The minimum atomic E-state index is 0.0243. The van der Waals surface area contributed by atoms with Crippen LogP contribution in [0.15, 0.2) is 10.9 Å². The first kappa shape index (κ1) is 7.25. The van der Waals surface area contributed by atoms with Gasteiger partial charge in [-0.1, -0.05) is 25.9 Å². The first-order valence-corrected chi connectivity index (χ1v) is 3.44. The van der Waals surface area contributed by atoms with Gasteiger partial charge in [-0.15, -0.1) is 0 Å². The molecule has 0 fully saturated rings. The summed E-state index contributed by atoms with van der Waals surface area (Å²) in [5.41, 5.74) is 0.0243. The van der Waals surface area contributed by atoms with Crippen molar-refractivity contribution in [1.29, 1.82) is 0 Å². The van der Waals surface area contributed by atoms with Gasteiger partial charge in [-0.3, -0.25) is 0 Å². The summed E-state index contributed by atoms with van der Waals surface area (Å²) in [6, 6.07) is 0. The van der Waals surface area contributed by atoms with Crippen molar-refractivity contribution in [3.63, 3.8) is 0 Å².